The van der Waals surface area contributed by atoms with E-state index in [2.05, 4.69) is 6.92 Å². The molecule has 4 nitrogen and oxygen atoms in total. The number of carbonyl (C=O) groups excluding carboxylic acids is 1. The van der Waals surface area contributed by atoms with Gasteiger partial charge in [-0.2, -0.15) is 0 Å². The number of carbonyl (C=O) groups is 2. The first-order valence-electron chi connectivity index (χ1n) is 8.41. The van der Waals surface area contributed by atoms with Crippen molar-refractivity contribution in [2.45, 2.75) is 50.9 Å². The van der Waals surface area contributed by atoms with Crippen molar-refractivity contribution in [2.75, 3.05) is 5.75 Å². The number of halogens is 1. The lowest BCUT2D eigenvalue weighted by Crippen LogP contribution is -2.45. The number of amides is 1. The quantitative estimate of drug-likeness (QED) is 0.764. The minimum Gasteiger partial charge on any atom is -0.480 e. The lowest BCUT2D eigenvalue weighted by Gasteiger charge is -2.31. The molecular weight excluding hydrogens is 346 g/mol. The number of unbranched alkanes of at least 4 members (excludes halogenated alkanes) is 1. The van der Waals surface area contributed by atoms with Crippen LogP contribution in [-0.4, -0.2) is 33.7 Å². The van der Waals surface area contributed by atoms with E-state index in [4.69, 9.17) is 11.6 Å². The van der Waals surface area contributed by atoms with E-state index in [1.165, 1.54) is 11.8 Å². The Hall–Kier alpha value is -1.20. The first-order chi connectivity index (χ1) is 11.5. The average Bonchev–Trinajstić information content (AvgIpc) is 3.00. The minimum absolute atomic E-state index is 0.0478. The van der Waals surface area contributed by atoms with Gasteiger partial charge in [0, 0.05) is 16.7 Å². The Morgan fingerprint density at radius 3 is 2.75 bits per heavy atom. The van der Waals surface area contributed by atoms with Gasteiger partial charge >= 0.3 is 5.97 Å². The molecule has 1 N–H and O–H groups in total. The highest BCUT2D eigenvalue weighted by Gasteiger charge is 2.43. The number of thioether (sulfide) groups is 1. The summed E-state index contributed by atoms with van der Waals surface area (Å²) in [6.07, 6.45) is 3.54. The Kier molecular flexibility index (Phi) is 6.99. The molecule has 0 saturated carbocycles. The Morgan fingerprint density at radius 1 is 1.42 bits per heavy atom. The molecule has 0 aliphatic carbocycles. The van der Waals surface area contributed by atoms with Gasteiger partial charge in [-0.3, -0.25) is 4.79 Å². The zero-order chi connectivity index (χ0) is 17.7. The molecule has 6 heteroatoms. The van der Waals surface area contributed by atoms with Crippen molar-refractivity contribution in [3.63, 3.8) is 0 Å². The van der Waals surface area contributed by atoms with Gasteiger partial charge in [0.2, 0.25) is 5.91 Å². The highest BCUT2D eigenvalue weighted by molar-refractivity contribution is 7.99. The van der Waals surface area contributed by atoms with Crippen LogP contribution in [0.3, 0.4) is 0 Å². The molecule has 3 unspecified atom stereocenters. The van der Waals surface area contributed by atoms with Crippen molar-refractivity contribution in [2.24, 2.45) is 5.92 Å². The third-order valence-corrected chi connectivity index (χ3v) is 5.98. The highest BCUT2D eigenvalue weighted by Crippen LogP contribution is 2.43. The van der Waals surface area contributed by atoms with Crippen LogP contribution in [0.4, 0.5) is 0 Å². The number of carboxylic acid groups (broad SMARTS) is 1. The summed E-state index contributed by atoms with van der Waals surface area (Å²) in [5, 5.41) is 9.86. The Morgan fingerprint density at radius 2 is 2.17 bits per heavy atom. The van der Waals surface area contributed by atoms with Gasteiger partial charge in [-0.25, -0.2) is 4.79 Å². The van der Waals surface area contributed by atoms with E-state index in [1.807, 2.05) is 25.1 Å². The van der Waals surface area contributed by atoms with Gasteiger partial charge in [0.25, 0.3) is 0 Å². The van der Waals surface area contributed by atoms with E-state index >= 15 is 0 Å². The largest absolute Gasteiger partial charge is 0.480 e. The number of rotatable bonds is 7. The van der Waals surface area contributed by atoms with Crippen LogP contribution in [0, 0.1) is 5.92 Å². The standard InChI is InChI=1S/C18H24ClNO3S/c1-3-5-7-12(4-2)16(21)20-15(18(22)23)11-24-17(20)13-8-6-9-14(19)10-13/h6,8-10,12,15,17H,3-5,7,11H2,1-2H3,(H,22,23). The molecule has 1 aromatic rings. The molecule has 1 aliphatic heterocycles. The molecule has 1 heterocycles. The smallest absolute Gasteiger partial charge is 0.327 e. The normalized spacial score (nSPS) is 21.7. The van der Waals surface area contributed by atoms with Crippen LogP contribution >= 0.6 is 23.4 Å². The molecule has 1 fully saturated rings. The maximum absolute atomic E-state index is 13.1. The fourth-order valence-electron chi connectivity index (χ4n) is 3.05. The second kappa shape index (κ2) is 8.77. The van der Waals surface area contributed by atoms with E-state index in [0.29, 0.717) is 10.8 Å². The summed E-state index contributed by atoms with van der Waals surface area (Å²) in [6.45, 7) is 4.09. The van der Waals surface area contributed by atoms with Gasteiger partial charge in [0.1, 0.15) is 11.4 Å². The predicted molar refractivity (Wildman–Crippen MR) is 98.2 cm³/mol. The Balaban J connectivity index is 2.30. The molecular formula is C18H24ClNO3S. The molecule has 1 aromatic carbocycles. The molecule has 0 radical (unpaired) electrons. The second-order valence-electron chi connectivity index (χ2n) is 6.09. The molecule has 2 rings (SSSR count). The lowest BCUT2D eigenvalue weighted by molar-refractivity contribution is -0.151. The molecule has 0 spiro atoms. The maximum atomic E-state index is 13.1. The van der Waals surface area contributed by atoms with Crippen molar-refractivity contribution in [3.05, 3.63) is 34.9 Å². The van der Waals surface area contributed by atoms with E-state index < -0.39 is 12.0 Å². The minimum atomic E-state index is -0.939. The number of aliphatic carboxylic acids is 1. The van der Waals surface area contributed by atoms with Gasteiger partial charge < -0.3 is 10.0 Å². The van der Waals surface area contributed by atoms with Crippen LogP contribution in [0.2, 0.25) is 5.02 Å². The van der Waals surface area contributed by atoms with Crippen molar-refractivity contribution < 1.29 is 14.7 Å². The summed E-state index contributed by atoms with van der Waals surface area (Å²) >= 11 is 7.57. The molecule has 1 saturated heterocycles. The van der Waals surface area contributed by atoms with Gasteiger partial charge in [-0.05, 0) is 30.5 Å². The number of benzene rings is 1. The Bertz CT molecular complexity index is 595. The molecule has 3 atom stereocenters. The fraction of sp³-hybridized carbons (Fsp3) is 0.556. The number of hydrogen-bond donors (Lipinski definition) is 1. The molecule has 0 bridgehead atoms. The summed E-state index contributed by atoms with van der Waals surface area (Å²) in [6, 6.07) is 6.56. The highest BCUT2D eigenvalue weighted by atomic mass is 35.5. The zero-order valence-corrected chi connectivity index (χ0v) is 15.6. The maximum Gasteiger partial charge on any atom is 0.327 e. The van der Waals surface area contributed by atoms with Crippen LogP contribution in [0.1, 0.15) is 50.5 Å². The number of hydrogen-bond acceptors (Lipinski definition) is 3. The zero-order valence-electron chi connectivity index (χ0n) is 14.1. The Labute approximate surface area is 152 Å². The summed E-state index contributed by atoms with van der Waals surface area (Å²) in [4.78, 5) is 26.3. The van der Waals surface area contributed by atoms with Gasteiger partial charge in [0.05, 0.1) is 0 Å². The van der Waals surface area contributed by atoms with Crippen LogP contribution in [-0.2, 0) is 9.59 Å². The van der Waals surface area contributed by atoms with E-state index in [0.717, 1.165) is 31.2 Å². The van der Waals surface area contributed by atoms with Crippen molar-refractivity contribution in [1.82, 2.24) is 4.90 Å². The molecule has 0 aromatic heterocycles. The van der Waals surface area contributed by atoms with Gasteiger partial charge in [-0.15, -0.1) is 11.8 Å². The number of carboxylic acids is 1. The molecule has 1 aliphatic rings. The average molecular weight is 370 g/mol. The van der Waals surface area contributed by atoms with E-state index in [1.54, 1.807) is 11.0 Å². The third kappa shape index (κ3) is 4.25. The first kappa shape index (κ1) is 19.1. The summed E-state index contributed by atoms with van der Waals surface area (Å²) < 4.78 is 0. The van der Waals surface area contributed by atoms with Gasteiger partial charge in [0.15, 0.2) is 0 Å². The predicted octanol–water partition coefficient (Wildman–Crippen LogP) is 4.58. The summed E-state index contributed by atoms with van der Waals surface area (Å²) in [5.41, 5.74) is 0.884. The molecule has 132 valence electrons. The van der Waals surface area contributed by atoms with Crippen LogP contribution < -0.4 is 0 Å². The van der Waals surface area contributed by atoms with Crippen LogP contribution in [0.25, 0.3) is 0 Å². The van der Waals surface area contributed by atoms with Crippen molar-refractivity contribution in [1.29, 1.82) is 0 Å². The first-order valence-corrected chi connectivity index (χ1v) is 9.84. The number of nitrogens with zero attached hydrogens (tertiary/aromatic N) is 1. The fourth-order valence-corrected chi connectivity index (χ4v) is 4.66. The van der Waals surface area contributed by atoms with Gasteiger partial charge in [-0.1, -0.05) is 50.4 Å². The van der Waals surface area contributed by atoms with Crippen LogP contribution in [0.5, 0.6) is 0 Å². The van der Waals surface area contributed by atoms with E-state index in [-0.39, 0.29) is 17.2 Å². The monoisotopic (exact) mass is 369 g/mol. The summed E-state index contributed by atoms with van der Waals surface area (Å²) in [5.74, 6) is -0.700. The van der Waals surface area contributed by atoms with Crippen molar-refractivity contribution in [3.8, 4) is 0 Å². The third-order valence-electron chi connectivity index (χ3n) is 4.42. The lowest BCUT2D eigenvalue weighted by atomic mass is 9.96. The van der Waals surface area contributed by atoms with E-state index in [9.17, 15) is 14.7 Å². The molecule has 1 amide bonds. The van der Waals surface area contributed by atoms with Crippen molar-refractivity contribution >= 4 is 35.2 Å². The second-order valence-corrected chi connectivity index (χ2v) is 7.64. The topological polar surface area (TPSA) is 57.6 Å². The SMILES string of the molecule is CCCCC(CC)C(=O)N1C(C(=O)O)CSC1c1cccc(Cl)c1. The molecule has 24 heavy (non-hydrogen) atoms. The van der Waals surface area contributed by atoms with Crippen LogP contribution in [0.15, 0.2) is 24.3 Å². The summed E-state index contributed by atoms with van der Waals surface area (Å²) in [7, 11) is 0.